The Morgan fingerprint density at radius 1 is 0.717 bits per heavy atom. The molecule has 232 valence electrons. The molecule has 1 heterocycles. The SMILES string of the molecule is CCCOc1ccc(CN2C(=O)NC(=O)/C(=C\c3c(OCc4cccc5ccccc45)ccc4ccccc34)C2=O)cc1OCC. The van der Waals surface area contributed by atoms with Gasteiger partial charge < -0.3 is 14.2 Å². The van der Waals surface area contributed by atoms with Gasteiger partial charge in [-0.15, -0.1) is 0 Å². The number of rotatable bonds is 11. The summed E-state index contributed by atoms with van der Waals surface area (Å²) in [6, 6.07) is 30.1. The van der Waals surface area contributed by atoms with Gasteiger partial charge in [0.05, 0.1) is 19.8 Å². The van der Waals surface area contributed by atoms with E-state index in [2.05, 4.69) is 23.5 Å². The minimum atomic E-state index is -0.790. The number of benzene rings is 5. The lowest BCUT2D eigenvalue weighted by Crippen LogP contribution is -2.53. The first-order valence-electron chi connectivity index (χ1n) is 15.4. The minimum Gasteiger partial charge on any atom is -0.490 e. The van der Waals surface area contributed by atoms with Crippen LogP contribution in [0, 0.1) is 0 Å². The monoisotopic (exact) mass is 614 g/mol. The van der Waals surface area contributed by atoms with E-state index in [0.717, 1.165) is 38.4 Å². The summed E-state index contributed by atoms with van der Waals surface area (Å²) in [4.78, 5) is 40.9. The van der Waals surface area contributed by atoms with Gasteiger partial charge in [-0.3, -0.25) is 19.8 Å². The Labute approximate surface area is 267 Å². The second-order valence-corrected chi connectivity index (χ2v) is 10.9. The van der Waals surface area contributed by atoms with Gasteiger partial charge in [-0.2, -0.15) is 0 Å². The van der Waals surface area contributed by atoms with E-state index in [4.69, 9.17) is 14.2 Å². The first-order valence-corrected chi connectivity index (χ1v) is 15.4. The highest BCUT2D eigenvalue weighted by atomic mass is 16.5. The number of ether oxygens (including phenoxy) is 3. The van der Waals surface area contributed by atoms with E-state index < -0.39 is 17.8 Å². The summed E-state index contributed by atoms with van der Waals surface area (Å²) in [6.07, 6.45) is 2.36. The molecule has 1 aliphatic heterocycles. The van der Waals surface area contributed by atoms with Crippen LogP contribution < -0.4 is 19.5 Å². The fraction of sp³-hybridized carbons (Fsp3) is 0.184. The normalized spacial score (nSPS) is 14.2. The molecule has 6 rings (SSSR count). The Kier molecular flexibility index (Phi) is 8.96. The highest BCUT2D eigenvalue weighted by Crippen LogP contribution is 2.33. The summed E-state index contributed by atoms with van der Waals surface area (Å²) in [5.74, 6) is 0.147. The zero-order valence-electron chi connectivity index (χ0n) is 25.7. The fourth-order valence-corrected chi connectivity index (χ4v) is 5.54. The van der Waals surface area contributed by atoms with Crippen molar-refractivity contribution in [1.82, 2.24) is 10.2 Å². The molecule has 0 spiro atoms. The summed E-state index contributed by atoms with van der Waals surface area (Å²) in [6.45, 7) is 5.05. The number of amides is 4. The van der Waals surface area contributed by atoms with Gasteiger partial charge in [-0.05, 0) is 70.3 Å². The third kappa shape index (κ3) is 6.28. The number of hydrogen-bond acceptors (Lipinski definition) is 6. The van der Waals surface area contributed by atoms with Crippen molar-refractivity contribution < 1.29 is 28.6 Å². The minimum absolute atomic E-state index is 0.0661. The van der Waals surface area contributed by atoms with Crippen LogP contribution in [0.25, 0.3) is 27.6 Å². The first-order chi connectivity index (χ1) is 22.5. The lowest BCUT2D eigenvalue weighted by atomic mass is 9.99. The average Bonchev–Trinajstić information content (AvgIpc) is 3.07. The van der Waals surface area contributed by atoms with Gasteiger partial charge in [-0.25, -0.2) is 4.79 Å². The molecule has 0 atom stereocenters. The molecule has 46 heavy (non-hydrogen) atoms. The Hall–Kier alpha value is -5.63. The molecule has 4 amide bonds. The molecule has 0 saturated carbocycles. The largest absolute Gasteiger partial charge is 0.490 e. The number of imide groups is 2. The van der Waals surface area contributed by atoms with Crippen LogP contribution >= 0.6 is 0 Å². The summed E-state index contributed by atoms with van der Waals surface area (Å²) < 4.78 is 17.9. The first kappa shape index (κ1) is 30.4. The molecule has 5 aromatic carbocycles. The van der Waals surface area contributed by atoms with Crippen molar-refractivity contribution in [3.63, 3.8) is 0 Å². The van der Waals surface area contributed by atoms with Gasteiger partial charge in [0.15, 0.2) is 11.5 Å². The van der Waals surface area contributed by atoms with Crippen LogP contribution in [0.4, 0.5) is 4.79 Å². The van der Waals surface area contributed by atoms with Crippen LogP contribution in [0.2, 0.25) is 0 Å². The quantitative estimate of drug-likeness (QED) is 0.123. The lowest BCUT2D eigenvalue weighted by molar-refractivity contribution is -0.130. The van der Waals surface area contributed by atoms with Crippen molar-refractivity contribution in [3.05, 3.63) is 119 Å². The maximum absolute atomic E-state index is 13.8. The Morgan fingerprint density at radius 2 is 1.43 bits per heavy atom. The summed E-state index contributed by atoms with van der Waals surface area (Å²) in [5.41, 5.74) is 2.06. The van der Waals surface area contributed by atoms with Gasteiger partial charge in [0, 0.05) is 5.56 Å². The van der Waals surface area contributed by atoms with Gasteiger partial charge in [0.1, 0.15) is 17.9 Å². The Balaban J connectivity index is 1.33. The van der Waals surface area contributed by atoms with Gasteiger partial charge in [-0.1, -0.05) is 85.8 Å². The Morgan fingerprint density at radius 3 is 2.22 bits per heavy atom. The topological polar surface area (TPSA) is 94.2 Å². The predicted molar refractivity (Wildman–Crippen MR) is 178 cm³/mol. The number of hydrogen-bond donors (Lipinski definition) is 1. The van der Waals surface area contributed by atoms with Crippen molar-refractivity contribution in [3.8, 4) is 17.2 Å². The highest BCUT2D eigenvalue weighted by molar-refractivity contribution is 6.31. The number of fused-ring (bicyclic) bond motifs is 2. The molecule has 8 nitrogen and oxygen atoms in total. The fourth-order valence-electron chi connectivity index (χ4n) is 5.54. The number of carbonyl (C=O) groups excluding carboxylic acids is 3. The molecule has 0 radical (unpaired) electrons. The van der Waals surface area contributed by atoms with Gasteiger partial charge in [0.25, 0.3) is 11.8 Å². The van der Waals surface area contributed by atoms with E-state index >= 15 is 0 Å². The third-order valence-electron chi connectivity index (χ3n) is 7.78. The zero-order valence-corrected chi connectivity index (χ0v) is 25.7. The average molecular weight is 615 g/mol. The Bertz CT molecular complexity index is 1980. The molecule has 1 saturated heterocycles. The molecule has 1 N–H and O–H groups in total. The van der Waals surface area contributed by atoms with Crippen molar-refractivity contribution in [2.75, 3.05) is 13.2 Å². The highest BCUT2D eigenvalue weighted by Gasteiger charge is 2.36. The third-order valence-corrected chi connectivity index (χ3v) is 7.78. The van der Waals surface area contributed by atoms with Crippen LogP contribution in [0.3, 0.4) is 0 Å². The molecule has 0 unspecified atom stereocenters. The van der Waals surface area contributed by atoms with Crippen molar-refractivity contribution in [1.29, 1.82) is 0 Å². The van der Waals surface area contributed by atoms with E-state index in [-0.39, 0.29) is 18.7 Å². The smallest absolute Gasteiger partial charge is 0.331 e. The van der Waals surface area contributed by atoms with E-state index in [9.17, 15) is 14.4 Å². The van der Waals surface area contributed by atoms with E-state index in [0.29, 0.717) is 41.6 Å². The molecule has 1 aliphatic rings. The molecular weight excluding hydrogens is 580 g/mol. The number of urea groups is 1. The van der Waals surface area contributed by atoms with Crippen LogP contribution in [0.5, 0.6) is 17.2 Å². The molecule has 0 aliphatic carbocycles. The maximum atomic E-state index is 13.8. The zero-order chi connectivity index (χ0) is 32.0. The molecule has 5 aromatic rings. The van der Waals surface area contributed by atoms with Gasteiger partial charge in [0.2, 0.25) is 0 Å². The number of carbonyl (C=O) groups is 3. The number of nitrogens with one attached hydrogen (secondary N) is 1. The second kappa shape index (κ2) is 13.6. The molecule has 8 heteroatoms. The standard InChI is InChI=1S/C38H34N2O6/c1-3-20-45-34-18-16-25(21-35(34)44-4-2)23-40-37(42)32(36(41)39-38(40)43)22-31-30-15-8-6-11-27(30)17-19-33(31)46-24-28-13-9-12-26-10-5-7-14-29(26)28/h5-19,21-22H,3-4,20,23-24H2,1-2H3,(H,39,41,43)/b32-22+. The van der Waals surface area contributed by atoms with Gasteiger partial charge >= 0.3 is 6.03 Å². The van der Waals surface area contributed by atoms with E-state index in [1.807, 2.05) is 74.5 Å². The van der Waals surface area contributed by atoms with Crippen LogP contribution in [-0.4, -0.2) is 36.0 Å². The van der Waals surface area contributed by atoms with Crippen LogP contribution in [0.15, 0.2) is 103 Å². The summed E-state index contributed by atoms with van der Waals surface area (Å²) in [5, 5.41) is 6.24. The van der Waals surface area contributed by atoms with Crippen molar-refractivity contribution in [2.24, 2.45) is 0 Å². The second-order valence-electron chi connectivity index (χ2n) is 10.9. The maximum Gasteiger partial charge on any atom is 0.331 e. The van der Waals surface area contributed by atoms with Crippen molar-refractivity contribution in [2.45, 2.75) is 33.4 Å². The summed E-state index contributed by atoms with van der Waals surface area (Å²) >= 11 is 0. The number of barbiturate groups is 1. The number of nitrogens with zero attached hydrogens (tertiary/aromatic N) is 1. The molecule has 0 aromatic heterocycles. The predicted octanol–water partition coefficient (Wildman–Crippen LogP) is 7.42. The van der Waals surface area contributed by atoms with Crippen LogP contribution in [0.1, 0.15) is 37.0 Å². The van der Waals surface area contributed by atoms with Crippen LogP contribution in [-0.2, 0) is 22.7 Å². The lowest BCUT2D eigenvalue weighted by Gasteiger charge is -2.27. The molecular formula is C38H34N2O6. The van der Waals surface area contributed by atoms with E-state index in [1.165, 1.54) is 6.08 Å². The molecule has 1 fully saturated rings. The van der Waals surface area contributed by atoms with Crippen molar-refractivity contribution >= 4 is 45.5 Å². The van der Waals surface area contributed by atoms with E-state index in [1.54, 1.807) is 18.2 Å². The molecule has 0 bridgehead atoms. The summed E-state index contributed by atoms with van der Waals surface area (Å²) in [7, 11) is 0.